The first-order chi connectivity index (χ1) is 12.2. The van der Waals surface area contributed by atoms with Crippen molar-refractivity contribution in [3.05, 3.63) is 71.4 Å². The number of nitrogens with zero attached hydrogens (tertiary/aromatic N) is 4. The van der Waals surface area contributed by atoms with E-state index in [9.17, 15) is 5.11 Å². The molecule has 5 heteroatoms. The van der Waals surface area contributed by atoms with Crippen LogP contribution < -0.4 is 0 Å². The highest BCUT2D eigenvalue weighted by atomic mass is 16.3. The van der Waals surface area contributed by atoms with E-state index in [0.717, 1.165) is 54.5 Å². The van der Waals surface area contributed by atoms with Crippen molar-refractivity contribution >= 4 is 0 Å². The van der Waals surface area contributed by atoms with Crippen molar-refractivity contribution in [3.8, 4) is 17.0 Å². The number of aromatic hydroxyl groups is 1. The maximum atomic E-state index is 9.55. The summed E-state index contributed by atoms with van der Waals surface area (Å²) in [7, 11) is 0. The Balaban J connectivity index is 1.67. The average Bonchev–Trinajstić information content (AvgIpc) is 2.63. The molecular formula is C20H20N4O. The van der Waals surface area contributed by atoms with Crippen LogP contribution in [0, 0.1) is 6.92 Å². The number of aryl methyl sites for hydroxylation is 1. The summed E-state index contributed by atoms with van der Waals surface area (Å²) >= 11 is 0. The van der Waals surface area contributed by atoms with Crippen molar-refractivity contribution in [2.75, 3.05) is 6.54 Å². The minimum Gasteiger partial charge on any atom is -0.508 e. The number of hydrogen-bond donors (Lipinski definition) is 1. The molecule has 4 rings (SSSR count). The highest BCUT2D eigenvalue weighted by molar-refractivity contribution is 5.65. The van der Waals surface area contributed by atoms with Gasteiger partial charge in [-0.05, 0) is 43.3 Å². The van der Waals surface area contributed by atoms with Crippen LogP contribution in [0.5, 0.6) is 5.75 Å². The van der Waals surface area contributed by atoms with Gasteiger partial charge in [-0.15, -0.1) is 0 Å². The van der Waals surface area contributed by atoms with Crippen LogP contribution in [0.2, 0.25) is 0 Å². The van der Waals surface area contributed by atoms with Crippen molar-refractivity contribution in [2.45, 2.75) is 26.4 Å². The summed E-state index contributed by atoms with van der Waals surface area (Å²) in [6.07, 6.45) is 2.75. The second-order valence-corrected chi connectivity index (χ2v) is 6.37. The average molecular weight is 332 g/mol. The molecule has 0 radical (unpaired) electrons. The van der Waals surface area contributed by atoms with Gasteiger partial charge in [-0.1, -0.05) is 6.07 Å². The lowest BCUT2D eigenvalue weighted by Gasteiger charge is -2.29. The van der Waals surface area contributed by atoms with Crippen LogP contribution in [0.3, 0.4) is 0 Å². The van der Waals surface area contributed by atoms with Crippen LogP contribution in [0.4, 0.5) is 0 Å². The van der Waals surface area contributed by atoms with Crippen LogP contribution >= 0.6 is 0 Å². The second kappa shape index (κ2) is 6.61. The lowest BCUT2D eigenvalue weighted by atomic mass is 9.99. The number of fused-ring (bicyclic) bond motifs is 1. The highest BCUT2D eigenvalue weighted by Crippen LogP contribution is 2.29. The molecule has 0 bridgehead atoms. The van der Waals surface area contributed by atoms with Crippen molar-refractivity contribution in [1.82, 2.24) is 19.9 Å². The molecule has 0 saturated heterocycles. The monoisotopic (exact) mass is 332 g/mol. The third-order valence-corrected chi connectivity index (χ3v) is 4.50. The molecule has 0 amide bonds. The Labute approximate surface area is 147 Å². The SMILES string of the molecule is Cc1nc2c(c(-c3ccc(O)cc3)n1)CN(Cc1ccccn1)CC2. The quantitative estimate of drug-likeness (QED) is 0.798. The van der Waals surface area contributed by atoms with Crippen LogP contribution in [-0.4, -0.2) is 31.5 Å². The molecule has 1 aromatic carbocycles. The lowest BCUT2D eigenvalue weighted by Crippen LogP contribution is -2.32. The van der Waals surface area contributed by atoms with Crippen LogP contribution in [0.1, 0.15) is 22.8 Å². The van der Waals surface area contributed by atoms with Crippen LogP contribution in [0.25, 0.3) is 11.3 Å². The third-order valence-electron chi connectivity index (χ3n) is 4.50. The molecular weight excluding hydrogens is 312 g/mol. The van der Waals surface area contributed by atoms with Gasteiger partial charge in [-0.2, -0.15) is 0 Å². The number of rotatable bonds is 3. The first-order valence-corrected chi connectivity index (χ1v) is 8.47. The molecule has 1 aliphatic heterocycles. The molecule has 0 saturated carbocycles. The fourth-order valence-electron chi connectivity index (χ4n) is 3.31. The van der Waals surface area contributed by atoms with Crippen molar-refractivity contribution in [2.24, 2.45) is 0 Å². The Morgan fingerprint density at radius 1 is 1.08 bits per heavy atom. The molecule has 126 valence electrons. The van der Waals surface area contributed by atoms with E-state index in [2.05, 4.69) is 20.9 Å². The standard InChI is InChI=1S/C20H20N4O/c1-14-22-19-9-11-24(12-16-4-2-3-10-21-16)13-18(19)20(23-14)15-5-7-17(25)8-6-15/h2-8,10,25H,9,11-13H2,1H3. The van der Waals surface area contributed by atoms with Crippen molar-refractivity contribution < 1.29 is 5.11 Å². The fraction of sp³-hybridized carbons (Fsp3) is 0.250. The molecule has 3 aromatic rings. The summed E-state index contributed by atoms with van der Waals surface area (Å²) in [6.45, 7) is 4.53. The second-order valence-electron chi connectivity index (χ2n) is 6.37. The van der Waals surface area contributed by atoms with Crippen molar-refractivity contribution in [1.29, 1.82) is 0 Å². The van der Waals surface area contributed by atoms with Gasteiger partial charge in [0.1, 0.15) is 11.6 Å². The molecule has 0 spiro atoms. The summed E-state index contributed by atoms with van der Waals surface area (Å²) in [5, 5.41) is 9.55. The van der Waals surface area contributed by atoms with E-state index in [1.54, 1.807) is 12.1 Å². The van der Waals surface area contributed by atoms with Gasteiger partial charge in [-0.3, -0.25) is 9.88 Å². The zero-order valence-corrected chi connectivity index (χ0v) is 14.2. The van der Waals surface area contributed by atoms with Gasteiger partial charge in [-0.25, -0.2) is 9.97 Å². The Bertz CT molecular complexity index is 878. The van der Waals surface area contributed by atoms with E-state index in [-0.39, 0.29) is 5.75 Å². The number of hydrogen-bond acceptors (Lipinski definition) is 5. The molecule has 1 aliphatic rings. The largest absolute Gasteiger partial charge is 0.508 e. The van der Waals surface area contributed by atoms with Gasteiger partial charge in [0.05, 0.1) is 17.1 Å². The topological polar surface area (TPSA) is 62.1 Å². The molecule has 0 fully saturated rings. The Kier molecular flexibility index (Phi) is 4.15. The highest BCUT2D eigenvalue weighted by Gasteiger charge is 2.22. The van der Waals surface area contributed by atoms with Gasteiger partial charge >= 0.3 is 0 Å². The van der Waals surface area contributed by atoms with E-state index >= 15 is 0 Å². The molecule has 3 heterocycles. The summed E-state index contributed by atoms with van der Waals surface area (Å²) in [4.78, 5) is 16.2. The van der Waals surface area contributed by atoms with E-state index < -0.39 is 0 Å². The van der Waals surface area contributed by atoms with E-state index in [0.29, 0.717) is 0 Å². The first kappa shape index (κ1) is 15.7. The van der Waals surface area contributed by atoms with E-state index in [1.807, 2.05) is 37.4 Å². The molecule has 1 N–H and O–H groups in total. The molecule has 5 nitrogen and oxygen atoms in total. The minimum atomic E-state index is 0.264. The van der Waals surface area contributed by atoms with E-state index in [1.165, 1.54) is 5.56 Å². The van der Waals surface area contributed by atoms with Gasteiger partial charge in [0.25, 0.3) is 0 Å². The third kappa shape index (κ3) is 3.37. The van der Waals surface area contributed by atoms with Gasteiger partial charge < -0.3 is 5.11 Å². The molecule has 0 unspecified atom stereocenters. The molecule has 2 aromatic heterocycles. The Hall–Kier alpha value is -2.79. The van der Waals surface area contributed by atoms with Gasteiger partial charge in [0.15, 0.2) is 0 Å². The molecule has 0 atom stereocenters. The number of benzene rings is 1. The predicted octanol–water partition coefficient (Wildman–Crippen LogP) is 3.11. The Morgan fingerprint density at radius 3 is 2.68 bits per heavy atom. The summed E-state index contributed by atoms with van der Waals surface area (Å²) < 4.78 is 0. The Morgan fingerprint density at radius 2 is 1.92 bits per heavy atom. The maximum Gasteiger partial charge on any atom is 0.126 e. The zero-order chi connectivity index (χ0) is 17.2. The number of aromatic nitrogens is 3. The van der Waals surface area contributed by atoms with Crippen molar-refractivity contribution in [3.63, 3.8) is 0 Å². The summed E-state index contributed by atoms with van der Waals surface area (Å²) in [6, 6.07) is 13.2. The zero-order valence-electron chi connectivity index (χ0n) is 14.2. The summed E-state index contributed by atoms with van der Waals surface area (Å²) in [5.74, 6) is 1.06. The van der Waals surface area contributed by atoms with Gasteiger partial charge in [0, 0.05) is 43.4 Å². The maximum absolute atomic E-state index is 9.55. The molecule has 25 heavy (non-hydrogen) atoms. The predicted molar refractivity (Wildman–Crippen MR) is 95.9 cm³/mol. The number of phenolic OH excluding ortho intramolecular Hbond substituents is 1. The molecule has 0 aliphatic carbocycles. The van der Waals surface area contributed by atoms with Crippen LogP contribution in [-0.2, 0) is 19.5 Å². The normalized spacial score (nSPS) is 14.3. The lowest BCUT2D eigenvalue weighted by molar-refractivity contribution is 0.240. The fourth-order valence-corrected chi connectivity index (χ4v) is 3.31. The first-order valence-electron chi connectivity index (χ1n) is 8.47. The number of pyridine rings is 1. The number of phenols is 1. The van der Waals surface area contributed by atoms with E-state index in [4.69, 9.17) is 4.98 Å². The van der Waals surface area contributed by atoms with Crippen LogP contribution in [0.15, 0.2) is 48.7 Å². The summed E-state index contributed by atoms with van der Waals surface area (Å²) in [5.41, 5.74) is 5.36. The van der Waals surface area contributed by atoms with Gasteiger partial charge in [0.2, 0.25) is 0 Å². The minimum absolute atomic E-state index is 0.264. The smallest absolute Gasteiger partial charge is 0.126 e.